The number of benzene rings is 3. The number of carboxylic acids is 1. The first kappa shape index (κ1) is 28.3. The highest BCUT2D eigenvalue weighted by atomic mass is 35.5. The highest BCUT2D eigenvalue weighted by Crippen LogP contribution is 2.30. The summed E-state index contributed by atoms with van der Waals surface area (Å²) in [6, 6.07) is 16.0. The zero-order valence-electron chi connectivity index (χ0n) is 17.9. The van der Waals surface area contributed by atoms with Gasteiger partial charge in [-0.25, -0.2) is 22.2 Å². The van der Waals surface area contributed by atoms with Crippen molar-refractivity contribution in [2.75, 3.05) is 12.9 Å². The normalized spacial score (nSPS) is 11.5. The summed E-state index contributed by atoms with van der Waals surface area (Å²) in [5, 5.41) is 17.4. The number of rotatable bonds is 7. The van der Waals surface area contributed by atoms with Crippen LogP contribution in [0.4, 0.5) is 0 Å². The van der Waals surface area contributed by atoms with E-state index in [1.807, 2.05) is 0 Å². The minimum atomic E-state index is -3.35. The summed E-state index contributed by atoms with van der Waals surface area (Å²) in [6.45, 7) is -0.584. The molecule has 186 valence electrons. The lowest BCUT2D eigenvalue weighted by molar-refractivity contribution is -0.182. The highest BCUT2D eigenvalue weighted by Gasteiger charge is 2.16. The second-order valence-electron chi connectivity index (χ2n) is 6.67. The van der Waals surface area contributed by atoms with Crippen LogP contribution in [0.5, 0.6) is 5.75 Å². The minimum absolute atomic E-state index is 0.108. The van der Waals surface area contributed by atoms with Crippen molar-refractivity contribution in [3.8, 4) is 5.75 Å². The molecular formula is C22H18Cl2O9S2. The molecule has 0 saturated carbocycles. The fraction of sp³-hybridized carbons (Fsp3) is 0.0909. The van der Waals surface area contributed by atoms with Crippen molar-refractivity contribution in [2.45, 2.75) is 14.7 Å². The van der Waals surface area contributed by atoms with Crippen LogP contribution in [0.1, 0.15) is 10.4 Å². The molecule has 0 saturated heterocycles. The number of carbonyl (C=O) groups excluding carboxylic acids is 1. The molecule has 0 aliphatic heterocycles. The van der Waals surface area contributed by atoms with Crippen molar-refractivity contribution in [1.29, 1.82) is 0 Å². The molecule has 2 N–H and O–H groups in total. The molecular weight excluding hydrogens is 543 g/mol. The van der Waals surface area contributed by atoms with E-state index in [0.717, 1.165) is 6.26 Å². The van der Waals surface area contributed by atoms with Gasteiger partial charge in [-0.15, -0.1) is 0 Å². The Hall–Kier alpha value is -2.96. The molecule has 0 spiro atoms. The van der Waals surface area contributed by atoms with Crippen LogP contribution in [-0.2, 0) is 30.3 Å². The Kier molecular flexibility index (Phi) is 10.2. The van der Waals surface area contributed by atoms with Gasteiger partial charge in [0.2, 0.25) is 0 Å². The monoisotopic (exact) mass is 560 g/mol. The zero-order chi connectivity index (χ0) is 26.2. The van der Waals surface area contributed by atoms with Crippen molar-refractivity contribution in [1.82, 2.24) is 0 Å². The molecule has 3 aromatic carbocycles. The number of aliphatic carboxylic acids is 1. The van der Waals surface area contributed by atoms with E-state index >= 15 is 0 Å². The molecule has 13 heteroatoms. The first-order chi connectivity index (χ1) is 16.4. The number of halogens is 2. The number of carboxylic acid groups (broad SMARTS) is 1. The van der Waals surface area contributed by atoms with Gasteiger partial charge in [0.05, 0.1) is 26.2 Å². The smallest absolute Gasteiger partial charge is 0.372 e. The van der Waals surface area contributed by atoms with Crippen molar-refractivity contribution in [2.24, 2.45) is 0 Å². The number of hydrogen-bond acceptors (Lipinski definition) is 8. The number of carbonyl (C=O) groups is 2. The summed E-state index contributed by atoms with van der Waals surface area (Å²) in [5.41, 5.74) is 0.222. The van der Waals surface area contributed by atoms with E-state index in [1.54, 1.807) is 12.1 Å². The second kappa shape index (κ2) is 12.7. The molecule has 1 atom stereocenters. The van der Waals surface area contributed by atoms with Gasteiger partial charge in [-0.1, -0.05) is 29.3 Å². The van der Waals surface area contributed by atoms with Crippen LogP contribution in [0.25, 0.3) is 0 Å². The molecule has 0 aromatic heterocycles. The van der Waals surface area contributed by atoms with Crippen LogP contribution in [0.15, 0.2) is 81.4 Å². The van der Waals surface area contributed by atoms with Gasteiger partial charge in [0, 0.05) is 21.2 Å². The number of ether oxygens (including phenoxy) is 1. The van der Waals surface area contributed by atoms with Crippen LogP contribution in [0.3, 0.4) is 0 Å². The highest BCUT2D eigenvalue weighted by molar-refractivity contribution is 7.90. The summed E-state index contributed by atoms with van der Waals surface area (Å²) >= 11 is 11.5. The molecule has 0 amide bonds. The van der Waals surface area contributed by atoms with Crippen molar-refractivity contribution < 1.29 is 42.2 Å². The predicted molar refractivity (Wildman–Crippen MR) is 128 cm³/mol. The second-order valence-corrected chi connectivity index (χ2v) is 11.0. The standard InChI is InChI=1S/C15H13ClO6S2.C7H5ClO3/c1-24(20,21)12-5-3-11(4-6-12)23(19)14-8-10(16)2-7-13(14)22-9-15(17)18;8-6-3-1-2-5(4-6)7(9)11-10/h2-8H,9H2,1H3,(H,17,18);1-4,10H. The van der Waals surface area contributed by atoms with Gasteiger partial charge in [0.15, 0.2) is 16.4 Å². The molecule has 9 nitrogen and oxygen atoms in total. The number of sulfone groups is 1. The van der Waals surface area contributed by atoms with Crippen molar-refractivity contribution in [3.05, 3.63) is 82.3 Å². The Labute approximate surface area is 213 Å². The topological polar surface area (TPSA) is 144 Å². The molecule has 0 heterocycles. The van der Waals surface area contributed by atoms with E-state index in [1.165, 1.54) is 54.6 Å². The lowest BCUT2D eigenvalue weighted by Crippen LogP contribution is -2.11. The van der Waals surface area contributed by atoms with Gasteiger partial charge in [-0.3, -0.25) is 4.89 Å². The first-order valence-corrected chi connectivity index (χ1v) is 13.2. The number of hydrogen-bond donors (Lipinski definition) is 2. The maximum Gasteiger partial charge on any atom is 0.372 e. The molecule has 0 bridgehead atoms. The van der Waals surface area contributed by atoms with Crippen molar-refractivity contribution in [3.63, 3.8) is 0 Å². The van der Waals surface area contributed by atoms with Crippen LogP contribution < -0.4 is 4.74 Å². The summed E-state index contributed by atoms with van der Waals surface area (Å²) in [6.07, 6.45) is 1.08. The van der Waals surface area contributed by atoms with Crippen molar-refractivity contribution >= 4 is 55.8 Å². The summed E-state index contributed by atoms with van der Waals surface area (Å²) in [5.74, 6) is -1.85. The Bertz CT molecular complexity index is 1340. The molecule has 35 heavy (non-hydrogen) atoms. The molecule has 3 aromatic rings. The quantitative estimate of drug-likeness (QED) is 0.318. The maximum atomic E-state index is 12.7. The SMILES string of the molecule is CS(=O)(=O)c1ccc(S(=O)c2cc(Cl)ccc2OCC(=O)O)cc1.O=C(OO)c1cccc(Cl)c1. The maximum absolute atomic E-state index is 12.7. The minimum Gasteiger partial charge on any atom is -0.481 e. The fourth-order valence-corrected chi connectivity index (χ4v) is 4.73. The van der Waals surface area contributed by atoms with Crippen LogP contribution in [0.2, 0.25) is 10.0 Å². The summed E-state index contributed by atoms with van der Waals surface area (Å²) in [4.78, 5) is 25.4. The van der Waals surface area contributed by atoms with Gasteiger partial charge in [0.25, 0.3) is 0 Å². The molecule has 0 fully saturated rings. The van der Waals surface area contributed by atoms with Crippen LogP contribution in [0, 0.1) is 0 Å². The van der Waals surface area contributed by atoms with Crippen LogP contribution >= 0.6 is 23.2 Å². The van der Waals surface area contributed by atoms with E-state index < -0.39 is 39.2 Å². The molecule has 0 aliphatic rings. The van der Waals surface area contributed by atoms with E-state index in [2.05, 4.69) is 4.89 Å². The van der Waals surface area contributed by atoms with Gasteiger partial charge < -0.3 is 9.84 Å². The molecule has 1 unspecified atom stereocenters. The Morgan fingerprint density at radius 3 is 2.14 bits per heavy atom. The zero-order valence-corrected chi connectivity index (χ0v) is 21.0. The third kappa shape index (κ3) is 8.64. The largest absolute Gasteiger partial charge is 0.481 e. The van der Waals surface area contributed by atoms with E-state index in [-0.39, 0.29) is 21.1 Å². The Morgan fingerprint density at radius 2 is 1.60 bits per heavy atom. The molecule has 0 radical (unpaired) electrons. The third-order valence-electron chi connectivity index (χ3n) is 4.07. The first-order valence-electron chi connectivity index (χ1n) is 9.39. The predicted octanol–water partition coefficient (Wildman–Crippen LogP) is 4.34. The van der Waals surface area contributed by atoms with Gasteiger partial charge in [0.1, 0.15) is 5.75 Å². The Balaban J connectivity index is 0.000000328. The van der Waals surface area contributed by atoms with E-state index in [4.69, 9.17) is 38.3 Å². The molecule has 3 rings (SSSR count). The van der Waals surface area contributed by atoms with Crippen LogP contribution in [-0.4, -0.2) is 47.8 Å². The van der Waals surface area contributed by atoms with E-state index in [9.17, 15) is 22.2 Å². The van der Waals surface area contributed by atoms with Gasteiger partial charge in [-0.05, 0) is 60.7 Å². The Morgan fingerprint density at radius 1 is 0.971 bits per heavy atom. The van der Waals surface area contributed by atoms with E-state index in [0.29, 0.717) is 14.9 Å². The summed E-state index contributed by atoms with van der Waals surface area (Å²) in [7, 11) is -5.07. The average molecular weight is 561 g/mol. The average Bonchev–Trinajstić information content (AvgIpc) is 2.82. The molecule has 0 aliphatic carbocycles. The van der Waals surface area contributed by atoms with Gasteiger partial charge >= 0.3 is 11.9 Å². The third-order valence-corrected chi connectivity index (χ3v) is 7.08. The lowest BCUT2D eigenvalue weighted by atomic mass is 10.2. The van der Waals surface area contributed by atoms with Gasteiger partial charge in [-0.2, -0.15) is 5.26 Å². The fourth-order valence-electron chi connectivity index (χ4n) is 2.49. The summed E-state index contributed by atoms with van der Waals surface area (Å²) < 4.78 is 40.8. The lowest BCUT2D eigenvalue weighted by Gasteiger charge is -2.11.